The van der Waals surface area contributed by atoms with Gasteiger partial charge in [0.05, 0.1) is 0 Å². The largest absolute Gasteiger partial charge is 0.312 e. The number of hydrogen-bond donors (Lipinski definition) is 1. The van der Waals surface area contributed by atoms with Gasteiger partial charge < -0.3 is 5.32 Å². The van der Waals surface area contributed by atoms with Gasteiger partial charge in [-0.1, -0.05) is 18.9 Å². The molecular formula is C14H19F2NS. The van der Waals surface area contributed by atoms with Crippen LogP contribution >= 0.6 is 11.8 Å². The van der Waals surface area contributed by atoms with Crippen LogP contribution in [0.15, 0.2) is 18.2 Å². The molecule has 1 nitrogen and oxygen atoms in total. The molecule has 100 valence electrons. The van der Waals surface area contributed by atoms with Crippen LogP contribution in [0.2, 0.25) is 0 Å². The van der Waals surface area contributed by atoms with Crippen molar-refractivity contribution in [2.45, 2.75) is 37.0 Å². The Bertz CT molecular complexity index is 371. The van der Waals surface area contributed by atoms with Gasteiger partial charge in [0.25, 0.3) is 0 Å². The van der Waals surface area contributed by atoms with Gasteiger partial charge in [0.1, 0.15) is 11.6 Å². The number of halogens is 2. The molecule has 2 rings (SSSR count). The molecule has 4 heteroatoms. The normalized spacial score (nSPS) is 18.2. The van der Waals surface area contributed by atoms with E-state index in [1.54, 1.807) is 7.05 Å². The summed E-state index contributed by atoms with van der Waals surface area (Å²) in [4.78, 5) is 0. The lowest BCUT2D eigenvalue weighted by Gasteiger charge is -2.19. The fourth-order valence-electron chi connectivity index (χ4n) is 2.44. The Balaban J connectivity index is 2.03. The van der Waals surface area contributed by atoms with Crippen molar-refractivity contribution in [2.24, 2.45) is 0 Å². The number of hydrogen-bond acceptors (Lipinski definition) is 2. The summed E-state index contributed by atoms with van der Waals surface area (Å²) >= 11 is 1.83. The molecule has 1 aliphatic carbocycles. The lowest BCUT2D eigenvalue weighted by atomic mass is 10.1. The molecule has 0 spiro atoms. The summed E-state index contributed by atoms with van der Waals surface area (Å²) in [5, 5.41) is 3.69. The third kappa shape index (κ3) is 3.23. The summed E-state index contributed by atoms with van der Waals surface area (Å²) < 4.78 is 27.4. The number of rotatable bonds is 5. The first kappa shape index (κ1) is 13.8. The molecule has 0 aliphatic heterocycles. The fourth-order valence-corrected chi connectivity index (χ4v) is 3.91. The number of benzene rings is 1. The van der Waals surface area contributed by atoms with Gasteiger partial charge in [0.15, 0.2) is 0 Å². The lowest BCUT2D eigenvalue weighted by molar-refractivity contribution is 0.513. The van der Waals surface area contributed by atoms with Gasteiger partial charge in [-0.25, -0.2) is 8.78 Å². The first-order valence-electron chi connectivity index (χ1n) is 6.45. The molecule has 0 bridgehead atoms. The highest BCUT2D eigenvalue weighted by molar-refractivity contribution is 7.99. The van der Waals surface area contributed by atoms with Crippen molar-refractivity contribution in [3.05, 3.63) is 35.4 Å². The van der Waals surface area contributed by atoms with Gasteiger partial charge in [-0.15, -0.1) is 0 Å². The molecule has 1 aliphatic rings. The highest BCUT2D eigenvalue weighted by Gasteiger charge is 2.22. The van der Waals surface area contributed by atoms with E-state index in [-0.39, 0.29) is 11.6 Å². The Morgan fingerprint density at radius 2 is 1.89 bits per heavy atom. The summed E-state index contributed by atoms with van der Waals surface area (Å²) in [6.45, 7) is 0. The minimum Gasteiger partial charge on any atom is -0.312 e. The molecule has 0 amide bonds. The van der Waals surface area contributed by atoms with Crippen LogP contribution in [0.3, 0.4) is 0 Å². The van der Waals surface area contributed by atoms with Crippen LogP contribution in [-0.4, -0.2) is 18.1 Å². The van der Waals surface area contributed by atoms with Gasteiger partial charge >= 0.3 is 0 Å². The SMILES string of the molecule is CNC(CSC1CCCC1)c1c(F)cccc1F. The van der Waals surface area contributed by atoms with Crippen molar-refractivity contribution < 1.29 is 8.78 Å². The molecule has 0 heterocycles. The number of nitrogens with one attached hydrogen (secondary N) is 1. The molecule has 1 aromatic carbocycles. The topological polar surface area (TPSA) is 12.0 Å². The van der Waals surface area contributed by atoms with E-state index in [4.69, 9.17) is 0 Å². The maximum Gasteiger partial charge on any atom is 0.130 e. The Kier molecular flexibility index (Phi) is 5.01. The summed E-state index contributed by atoms with van der Waals surface area (Å²) in [6.07, 6.45) is 5.05. The first-order valence-corrected chi connectivity index (χ1v) is 7.50. The van der Waals surface area contributed by atoms with Gasteiger partial charge in [0.2, 0.25) is 0 Å². The Morgan fingerprint density at radius 3 is 2.44 bits per heavy atom. The second-order valence-corrected chi connectivity index (χ2v) is 6.05. The highest BCUT2D eigenvalue weighted by Crippen LogP contribution is 2.33. The average molecular weight is 271 g/mol. The smallest absolute Gasteiger partial charge is 0.130 e. The maximum atomic E-state index is 13.7. The van der Waals surface area contributed by atoms with Crippen LogP contribution in [0.1, 0.15) is 37.3 Å². The zero-order valence-corrected chi connectivity index (χ0v) is 11.4. The molecule has 0 radical (unpaired) electrons. The molecule has 0 saturated heterocycles. The van der Waals surface area contributed by atoms with Crippen LogP contribution < -0.4 is 5.32 Å². The van der Waals surface area contributed by atoms with E-state index < -0.39 is 11.6 Å². The Hall–Kier alpha value is -0.610. The fraction of sp³-hybridized carbons (Fsp3) is 0.571. The van der Waals surface area contributed by atoms with Crippen molar-refractivity contribution in [1.29, 1.82) is 0 Å². The van der Waals surface area contributed by atoms with E-state index in [1.165, 1.54) is 43.9 Å². The van der Waals surface area contributed by atoms with Crippen LogP contribution in [0.4, 0.5) is 8.78 Å². The predicted octanol–water partition coefficient (Wildman–Crippen LogP) is 3.90. The molecule has 1 N–H and O–H groups in total. The summed E-state index contributed by atoms with van der Waals surface area (Å²) in [6, 6.07) is 3.80. The maximum absolute atomic E-state index is 13.7. The first-order chi connectivity index (χ1) is 8.72. The minimum atomic E-state index is -0.457. The quantitative estimate of drug-likeness (QED) is 0.871. The van der Waals surface area contributed by atoms with E-state index in [1.807, 2.05) is 11.8 Å². The zero-order chi connectivity index (χ0) is 13.0. The molecule has 1 aromatic rings. The van der Waals surface area contributed by atoms with Gasteiger partial charge in [-0.05, 0) is 32.0 Å². The molecule has 1 unspecified atom stereocenters. The van der Waals surface area contributed by atoms with Crippen molar-refractivity contribution in [3.8, 4) is 0 Å². The van der Waals surface area contributed by atoms with E-state index in [0.29, 0.717) is 5.25 Å². The van der Waals surface area contributed by atoms with Crippen LogP contribution in [-0.2, 0) is 0 Å². The molecule has 0 aromatic heterocycles. The predicted molar refractivity (Wildman–Crippen MR) is 72.9 cm³/mol. The van der Waals surface area contributed by atoms with Crippen molar-refractivity contribution in [1.82, 2.24) is 5.32 Å². The standard InChI is InChI=1S/C14H19F2NS/c1-17-13(9-18-10-5-2-3-6-10)14-11(15)7-4-8-12(14)16/h4,7-8,10,13,17H,2-3,5-6,9H2,1H3. The second kappa shape index (κ2) is 6.53. The third-order valence-electron chi connectivity index (χ3n) is 3.50. The van der Waals surface area contributed by atoms with Crippen LogP contribution in [0, 0.1) is 11.6 Å². The highest BCUT2D eigenvalue weighted by atomic mass is 32.2. The van der Waals surface area contributed by atoms with E-state index in [0.717, 1.165) is 5.75 Å². The average Bonchev–Trinajstić information content (AvgIpc) is 2.86. The van der Waals surface area contributed by atoms with E-state index >= 15 is 0 Å². The summed E-state index contributed by atoms with van der Waals surface area (Å²) in [7, 11) is 1.76. The second-order valence-electron chi connectivity index (χ2n) is 4.72. The minimum absolute atomic E-state index is 0.172. The Morgan fingerprint density at radius 1 is 1.28 bits per heavy atom. The van der Waals surface area contributed by atoms with Crippen molar-refractivity contribution >= 4 is 11.8 Å². The number of thioether (sulfide) groups is 1. The van der Waals surface area contributed by atoms with Gasteiger partial charge in [-0.3, -0.25) is 0 Å². The molecule has 1 fully saturated rings. The third-order valence-corrected chi connectivity index (χ3v) is 4.97. The molecule has 1 atom stereocenters. The lowest BCUT2D eigenvalue weighted by Crippen LogP contribution is -2.22. The molecule has 1 saturated carbocycles. The van der Waals surface area contributed by atoms with Gasteiger partial charge in [-0.2, -0.15) is 11.8 Å². The van der Waals surface area contributed by atoms with Crippen molar-refractivity contribution in [3.63, 3.8) is 0 Å². The summed E-state index contributed by atoms with van der Waals surface area (Å²) in [5.41, 5.74) is 0.172. The van der Waals surface area contributed by atoms with Crippen LogP contribution in [0.25, 0.3) is 0 Å². The molecule has 18 heavy (non-hydrogen) atoms. The van der Waals surface area contributed by atoms with Crippen molar-refractivity contribution in [2.75, 3.05) is 12.8 Å². The van der Waals surface area contributed by atoms with E-state index in [2.05, 4.69) is 5.32 Å². The Labute approximate surface area is 111 Å². The monoisotopic (exact) mass is 271 g/mol. The van der Waals surface area contributed by atoms with Gasteiger partial charge in [0, 0.05) is 22.6 Å². The molecular weight excluding hydrogens is 252 g/mol. The summed E-state index contributed by atoms with van der Waals surface area (Å²) in [5.74, 6) is -0.193. The zero-order valence-electron chi connectivity index (χ0n) is 10.6. The van der Waals surface area contributed by atoms with Crippen LogP contribution in [0.5, 0.6) is 0 Å². The van der Waals surface area contributed by atoms with E-state index in [9.17, 15) is 8.78 Å².